The molecule has 5 rings (SSSR count). The molecule has 1 atom stereocenters. The van der Waals surface area contributed by atoms with Gasteiger partial charge in [-0.1, -0.05) is 65.7 Å². The van der Waals surface area contributed by atoms with Gasteiger partial charge in [0.05, 0.1) is 18.7 Å². The van der Waals surface area contributed by atoms with Crippen LogP contribution in [0.2, 0.25) is 5.02 Å². The van der Waals surface area contributed by atoms with Crippen molar-refractivity contribution < 1.29 is 14.6 Å². The molecule has 6 heteroatoms. The fourth-order valence-electron chi connectivity index (χ4n) is 5.38. The van der Waals surface area contributed by atoms with Crippen molar-refractivity contribution in [3.05, 3.63) is 111 Å². The van der Waals surface area contributed by atoms with Gasteiger partial charge < -0.3 is 9.84 Å². The van der Waals surface area contributed by atoms with E-state index in [1.54, 1.807) is 12.0 Å². The number of anilines is 1. The van der Waals surface area contributed by atoms with Crippen LogP contribution in [0.25, 0.3) is 5.76 Å². The number of Topliss-reactive ketones (excluding diaryl/α,β-unsaturated/α-hetero) is 1. The van der Waals surface area contributed by atoms with Crippen LogP contribution in [0.5, 0.6) is 5.75 Å². The van der Waals surface area contributed by atoms with Gasteiger partial charge in [0, 0.05) is 39.4 Å². The van der Waals surface area contributed by atoms with E-state index in [2.05, 4.69) is 0 Å². The molecule has 1 unspecified atom stereocenters. The SMILES string of the molecule is COc1ccccc1C1C2=C(CCCC2=O)N(c2cccc(Cl)c2C)C(=N)/C1=C(/O)c1ccc(C)cc1. The highest BCUT2D eigenvalue weighted by Gasteiger charge is 2.44. The first-order valence-electron chi connectivity index (χ1n) is 12.4. The van der Waals surface area contributed by atoms with Crippen LogP contribution in [0.1, 0.15) is 47.4 Å². The maximum absolute atomic E-state index is 13.7. The van der Waals surface area contributed by atoms with Crippen LogP contribution in [0.15, 0.2) is 83.6 Å². The van der Waals surface area contributed by atoms with Crippen LogP contribution >= 0.6 is 11.6 Å². The van der Waals surface area contributed by atoms with Crippen LogP contribution < -0.4 is 9.64 Å². The zero-order valence-electron chi connectivity index (χ0n) is 21.1. The topological polar surface area (TPSA) is 73.6 Å². The van der Waals surface area contributed by atoms with E-state index in [4.69, 9.17) is 16.3 Å². The highest BCUT2D eigenvalue weighted by molar-refractivity contribution is 6.32. The predicted molar refractivity (Wildman–Crippen MR) is 149 cm³/mol. The number of hydrogen-bond donors (Lipinski definition) is 2. The minimum atomic E-state index is -0.650. The number of hydrogen-bond acceptors (Lipinski definition) is 4. The van der Waals surface area contributed by atoms with Gasteiger partial charge in [-0.3, -0.25) is 15.1 Å². The van der Waals surface area contributed by atoms with E-state index in [0.717, 1.165) is 28.1 Å². The molecule has 3 aromatic carbocycles. The monoisotopic (exact) mass is 512 g/mol. The molecule has 1 heterocycles. The van der Waals surface area contributed by atoms with Gasteiger partial charge in [0.2, 0.25) is 0 Å². The molecular formula is C31H29ClN2O3. The molecule has 0 saturated carbocycles. The number of rotatable bonds is 4. The van der Waals surface area contributed by atoms with Crippen LogP contribution in [-0.4, -0.2) is 23.8 Å². The Hall–Kier alpha value is -3.83. The predicted octanol–water partition coefficient (Wildman–Crippen LogP) is 7.52. The Morgan fingerprint density at radius 2 is 1.76 bits per heavy atom. The van der Waals surface area contributed by atoms with Gasteiger partial charge in [0.25, 0.3) is 0 Å². The Labute approximate surface area is 222 Å². The zero-order chi connectivity index (χ0) is 26.3. The van der Waals surface area contributed by atoms with E-state index in [0.29, 0.717) is 46.7 Å². The summed E-state index contributed by atoms with van der Waals surface area (Å²) in [7, 11) is 1.59. The first-order chi connectivity index (χ1) is 17.8. The van der Waals surface area contributed by atoms with Gasteiger partial charge in [0.1, 0.15) is 17.3 Å². The second-order valence-corrected chi connectivity index (χ2v) is 9.92. The molecule has 2 N–H and O–H groups in total. The normalized spacial score (nSPS) is 19.1. The quantitative estimate of drug-likeness (QED) is 0.354. The summed E-state index contributed by atoms with van der Waals surface area (Å²) in [5.41, 5.74) is 5.67. The minimum absolute atomic E-state index is 0.0172. The lowest BCUT2D eigenvalue weighted by molar-refractivity contribution is -0.116. The molecular weight excluding hydrogens is 484 g/mol. The Bertz CT molecular complexity index is 1470. The number of nitrogens with zero attached hydrogens (tertiary/aromatic N) is 1. The van der Waals surface area contributed by atoms with E-state index < -0.39 is 5.92 Å². The van der Waals surface area contributed by atoms with Gasteiger partial charge in [0.15, 0.2) is 5.78 Å². The molecule has 0 fully saturated rings. The number of ketones is 1. The number of aliphatic hydroxyl groups is 1. The van der Waals surface area contributed by atoms with E-state index in [9.17, 15) is 15.3 Å². The maximum Gasteiger partial charge on any atom is 0.161 e. The van der Waals surface area contributed by atoms with Crippen molar-refractivity contribution in [1.82, 2.24) is 0 Å². The number of carbonyl (C=O) groups excluding carboxylic acids is 1. The molecule has 0 amide bonds. The molecule has 0 radical (unpaired) electrons. The number of amidine groups is 1. The lowest BCUT2D eigenvalue weighted by atomic mass is 9.73. The van der Waals surface area contributed by atoms with E-state index in [-0.39, 0.29) is 17.4 Å². The third kappa shape index (κ3) is 4.23. The van der Waals surface area contributed by atoms with Gasteiger partial charge in [-0.2, -0.15) is 0 Å². The summed E-state index contributed by atoms with van der Waals surface area (Å²) in [4.78, 5) is 15.5. The van der Waals surface area contributed by atoms with Crippen molar-refractivity contribution >= 4 is 34.7 Å². The molecule has 37 heavy (non-hydrogen) atoms. The minimum Gasteiger partial charge on any atom is -0.507 e. The number of para-hydroxylation sites is 1. The standard InChI is InChI=1S/C31H29ClN2O3/c1-18-14-16-20(17-15-18)30(36)29-27(21-8-4-5-13-26(21)37-3)28-24(11-7-12-25(28)35)34(31(29)33)23-10-6-9-22(32)19(23)2/h4-6,8-10,13-17,27,33,36H,7,11-12H2,1-3H3/b30-29+,33-31?. The fraction of sp³-hybridized carbons (Fsp3) is 0.226. The largest absolute Gasteiger partial charge is 0.507 e. The van der Waals surface area contributed by atoms with Gasteiger partial charge >= 0.3 is 0 Å². The summed E-state index contributed by atoms with van der Waals surface area (Å²) >= 11 is 6.50. The second-order valence-electron chi connectivity index (χ2n) is 9.51. The Balaban J connectivity index is 1.88. The van der Waals surface area contributed by atoms with E-state index in [1.807, 2.05) is 80.6 Å². The molecule has 3 aromatic rings. The molecule has 188 valence electrons. The number of methoxy groups -OCH3 is 1. The Morgan fingerprint density at radius 3 is 2.49 bits per heavy atom. The molecule has 1 aliphatic heterocycles. The van der Waals surface area contributed by atoms with Crippen molar-refractivity contribution in [2.75, 3.05) is 12.0 Å². The number of aryl methyl sites for hydroxylation is 1. The van der Waals surface area contributed by atoms with Crippen molar-refractivity contribution in [2.45, 2.75) is 39.0 Å². The molecule has 1 aliphatic carbocycles. The number of benzene rings is 3. The van der Waals surface area contributed by atoms with Crippen LogP contribution in [-0.2, 0) is 4.79 Å². The van der Waals surface area contributed by atoms with Crippen LogP contribution in [0.3, 0.4) is 0 Å². The number of aliphatic hydroxyl groups excluding tert-OH is 1. The molecule has 5 nitrogen and oxygen atoms in total. The third-order valence-electron chi connectivity index (χ3n) is 7.26. The zero-order valence-corrected chi connectivity index (χ0v) is 21.9. The second kappa shape index (κ2) is 9.91. The van der Waals surface area contributed by atoms with Gasteiger partial charge in [-0.05, 0) is 50.5 Å². The summed E-state index contributed by atoms with van der Waals surface area (Å²) in [6.07, 6.45) is 1.75. The van der Waals surface area contributed by atoms with Crippen LogP contribution in [0.4, 0.5) is 5.69 Å². The summed E-state index contributed by atoms with van der Waals surface area (Å²) in [5, 5.41) is 21.9. The van der Waals surface area contributed by atoms with Crippen molar-refractivity contribution in [3.63, 3.8) is 0 Å². The van der Waals surface area contributed by atoms with Crippen molar-refractivity contribution in [2.24, 2.45) is 0 Å². The van der Waals surface area contributed by atoms with Gasteiger partial charge in [-0.25, -0.2) is 0 Å². The lowest BCUT2D eigenvalue weighted by Crippen LogP contribution is -2.42. The number of carbonyl (C=O) groups is 1. The van der Waals surface area contributed by atoms with Crippen molar-refractivity contribution in [1.29, 1.82) is 5.41 Å². The average molecular weight is 513 g/mol. The van der Waals surface area contributed by atoms with Gasteiger partial charge in [-0.15, -0.1) is 0 Å². The number of allylic oxidation sites excluding steroid dienone is 2. The van der Waals surface area contributed by atoms with E-state index in [1.165, 1.54) is 0 Å². The molecule has 0 saturated heterocycles. The molecule has 0 aromatic heterocycles. The summed E-state index contributed by atoms with van der Waals surface area (Å²) in [5.74, 6) is 0.0578. The Morgan fingerprint density at radius 1 is 1.03 bits per heavy atom. The first-order valence-corrected chi connectivity index (χ1v) is 12.7. The van der Waals surface area contributed by atoms with Crippen LogP contribution in [0, 0.1) is 19.3 Å². The highest BCUT2D eigenvalue weighted by atomic mass is 35.5. The maximum atomic E-state index is 13.7. The Kier molecular flexibility index (Phi) is 6.65. The lowest BCUT2D eigenvalue weighted by Gasteiger charge is -2.42. The highest BCUT2D eigenvalue weighted by Crippen LogP contribution is 2.50. The van der Waals surface area contributed by atoms with Crippen molar-refractivity contribution in [3.8, 4) is 5.75 Å². The molecule has 2 aliphatic rings. The summed E-state index contributed by atoms with van der Waals surface area (Å²) in [6, 6.07) is 20.6. The fourth-order valence-corrected chi connectivity index (χ4v) is 5.55. The number of halogens is 1. The number of ether oxygens (including phenoxy) is 1. The number of nitrogens with one attached hydrogen (secondary N) is 1. The first kappa shape index (κ1) is 24.8. The summed E-state index contributed by atoms with van der Waals surface area (Å²) in [6.45, 7) is 3.89. The average Bonchev–Trinajstić information content (AvgIpc) is 2.90. The molecule has 0 bridgehead atoms. The molecule has 0 spiro atoms. The third-order valence-corrected chi connectivity index (χ3v) is 7.67. The smallest absolute Gasteiger partial charge is 0.161 e. The van der Waals surface area contributed by atoms with E-state index >= 15 is 0 Å². The summed E-state index contributed by atoms with van der Waals surface area (Å²) < 4.78 is 5.70.